The van der Waals surface area contributed by atoms with Crippen LogP contribution in [0.2, 0.25) is 0 Å². The van der Waals surface area contributed by atoms with Crippen LogP contribution in [0.1, 0.15) is 51.7 Å². The Labute approximate surface area is 191 Å². The van der Waals surface area contributed by atoms with E-state index >= 15 is 0 Å². The maximum absolute atomic E-state index is 12.6. The first-order valence-electron chi connectivity index (χ1n) is 10.5. The summed E-state index contributed by atoms with van der Waals surface area (Å²) in [5, 5.41) is 12.0. The lowest BCUT2D eigenvalue weighted by atomic mass is 9.95. The Hall–Kier alpha value is -2.71. The van der Waals surface area contributed by atoms with Gasteiger partial charge in [-0.05, 0) is 62.9 Å². The molecule has 162 valence electrons. The monoisotopic (exact) mass is 454 g/mol. The molecule has 0 saturated carbocycles. The van der Waals surface area contributed by atoms with E-state index in [1.165, 1.54) is 16.0 Å². The number of hydrogen-bond donors (Lipinski definition) is 2. The second-order valence-electron chi connectivity index (χ2n) is 7.60. The second-order valence-corrected chi connectivity index (χ2v) is 9.11. The number of rotatable bonds is 6. The van der Waals surface area contributed by atoms with E-state index in [0.717, 1.165) is 36.2 Å². The molecule has 0 saturated heterocycles. The molecule has 2 heterocycles. The number of hydrogen-bond acceptors (Lipinski definition) is 5. The highest BCUT2D eigenvalue weighted by Gasteiger charge is 2.26. The number of carbonyl (C=O) groups excluding carboxylic acids is 1. The highest BCUT2D eigenvalue weighted by atomic mass is 32.1. The molecule has 0 radical (unpaired) electrons. The second kappa shape index (κ2) is 9.62. The molecule has 0 amide bonds. The molecule has 3 aromatic rings. The van der Waals surface area contributed by atoms with Crippen molar-refractivity contribution in [3.05, 3.63) is 63.7 Å². The van der Waals surface area contributed by atoms with E-state index in [1.54, 1.807) is 11.3 Å². The molecule has 0 bridgehead atoms. The van der Waals surface area contributed by atoms with E-state index in [4.69, 9.17) is 17.0 Å². The molecule has 1 aromatic carbocycles. The van der Waals surface area contributed by atoms with Crippen molar-refractivity contribution in [1.29, 1.82) is 0 Å². The fourth-order valence-corrected chi connectivity index (χ4v) is 5.27. The Kier molecular flexibility index (Phi) is 6.67. The van der Waals surface area contributed by atoms with Gasteiger partial charge in [0.15, 0.2) is 10.9 Å². The quantitative estimate of drug-likeness (QED) is 0.396. The van der Waals surface area contributed by atoms with Crippen molar-refractivity contribution in [3.8, 4) is 0 Å². The third-order valence-electron chi connectivity index (χ3n) is 5.23. The molecule has 0 aliphatic heterocycles. The molecule has 31 heavy (non-hydrogen) atoms. The van der Waals surface area contributed by atoms with Gasteiger partial charge in [-0.1, -0.05) is 29.8 Å². The predicted molar refractivity (Wildman–Crippen MR) is 129 cm³/mol. The van der Waals surface area contributed by atoms with Crippen molar-refractivity contribution in [2.45, 2.75) is 46.1 Å². The number of carbonyl (C=O) groups is 1. The van der Waals surface area contributed by atoms with Crippen molar-refractivity contribution in [2.75, 3.05) is 17.2 Å². The average molecular weight is 455 g/mol. The Morgan fingerprint density at radius 1 is 1.19 bits per heavy atom. The molecule has 4 rings (SSSR count). The van der Waals surface area contributed by atoms with Crippen LogP contribution in [-0.4, -0.2) is 27.5 Å². The van der Waals surface area contributed by atoms with Gasteiger partial charge < -0.3 is 15.4 Å². The van der Waals surface area contributed by atoms with Gasteiger partial charge in [-0.3, -0.25) is 4.68 Å². The molecular weight excluding hydrogens is 428 g/mol. The molecule has 8 heteroatoms. The van der Waals surface area contributed by atoms with Crippen LogP contribution in [0.5, 0.6) is 0 Å². The van der Waals surface area contributed by atoms with Gasteiger partial charge in [0.2, 0.25) is 0 Å². The molecule has 0 fully saturated rings. The maximum atomic E-state index is 12.6. The van der Waals surface area contributed by atoms with Crippen molar-refractivity contribution in [3.63, 3.8) is 0 Å². The molecular formula is C23H26N4O2S2. The Bertz CT molecular complexity index is 1090. The summed E-state index contributed by atoms with van der Waals surface area (Å²) in [6.07, 6.45) is 6.06. The standard InChI is InChI=1S/C23H26N4O2S2/c1-3-29-22(28)20-17-6-4-5-7-18(17)31-21(20)25-23(30)24-19-12-13-27(26-19)14-16-10-8-15(2)9-11-16/h8-13H,3-7,14H2,1-2H3,(H2,24,25,26,30). The van der Waals surface area contributed by atoms with Gasteiger partial charge in [0, 0.05) is 17.1 Å². The topological polar surface area (TPSA) is 68.2 Å². The van der Waals surface area contributed by atoms with Gasteiger partial charge in [-0.15, -0.1) is 11.3 Å². The number of aromatic nitrogens is 2. The summed E-state index contributed by atoms with van der Waals surface area (Å²) in [6.45, 7) is 4.94. The Morgan fingerprint density at radius 3 is 2.74 bits per heavy atom. The molecule has 6 nitrogen and oxygen atoms in total. The minimum absolute atomic E-state index is 0.283. The Morgan fingerprint density at radius 2 is 1.97 bits per heavy atom. The van der Waals surface area contributed by atoms with Crippen molar-refractivity contribution in [2.24, 2.45) is 0 Å². The number of anilines is 2. The van der Waals surface area contributed by atoms with Gasteiger partial charge in [0.1, 0.15) is 5.00 Å². The normalized spacial score (nSPS) is 12.8. The minimum Gasteiger partial charge on any atom is -0.462 e. The van der Waals surface area contributed by atoms with Gasteiger partial charge in [0.05, 0.1) is 18.7 Å². The van der Waals surface area contributed by atoms with E-state index in [2.05, 4.69) is 46.9 Å². The largest absolute Gasteiger partial charge is 0.462 e. The number of nitrogens with zero attached hydrogens (tertiary/aromatic N) is 2. The number of nitrogens with one attached hydrogen (secondary N) is 2. The predicted octanol–water partition coefficient (Wildman–Crippen LogP) is 5.17. The van der Waals surface area contributed by atoms with Crippen LogP contribution < -0.4 is 10.6 Å². The molecule has 1 aliphatic rings. The van der Waals surface area contributed by atoms with E-state index in [1.807, 2.05) is 23.9 Å². The lowest BCUT2D eigenvalue weighted by Crippen LogP contribution is -2.21. The third-order valence-corrected chi connectivity index (χ3v) is 6.64. The lowest BCUT2D eigenvalue weighted by Gasteiger charge is -2.12. The highest BCUT2D eigenvalue weighted by Crippen LogP contribution is 2.38. The van der Waals surface area contributed by atoms with E-state index in [-0.39, 0.29) is 5.97 Å². The third kappa shape index (κ3) is 5.14. The van der Waals surface area contributed by atoms with E-state index in [0.29, 0.717) is 29.6 Å². The van der Waals surface area contributed by atoms with Crippen LogP contribution >= 0.6 is 23.6 Å². The zero-order valence-corrected chi connectivity index (χ0v) is 19.4. The molecule has 0 atom stereocenters. The summed E-state index contributed by atoms with van der Waals surface area (Å²) in [5.74, 6) is 0.373. The SMILES string of the molecule is CCOC(=O)c1c(NC(=S)Nc2ccn(Cc3ccc(C)cc3)n2)sc2c1CCCC2. The number of thiophene rings is 1. The fourth-order valence-electron chi connectivity index (χ4n) is 3.72. The van der Waals surface area contributed by atoms with E-state index in [9.17, 15) is 4.79 Å². The first-order valence-corrected chi connectivity index (χ1v) is 11.7. The van der Waals surface area contributed by atoms with Gasteiger partial charge in [0.25, 0.3) is 0 Å². The number of thiocarbonyl (C=S) groups is 1. The van der Waals surface area contributed by atoms with E-state index < -0.39 is 0 Å². The summed E-state index contributed by atoms with van der Waals surface area (Å²) in [4.78, 5) is 13.9. The lowest BCUT2D eigenvalue weighted by molar-refractivity contribution is 0.0526. The van der Waals surface area contributed by atoms with Crippen LogP contribution in [0.3, 0.4) is 0 Å². The highest BCUT2D eigenvalue weighted by molar-refractivity contribution is 7.80. The number of aryl methyl sites for hydroxylation is 2. The summed E-state index contributed by atoms with van der Waals surface area (Å²) < 4.78 is 7.17. The van der Waals surface area contributed by atoms with Crippen LogP contribution in [0.4, 0.5) is 10.8 Å². The number of esters is 1. The van der Waals surface area contributed by atoms with Crippen molar-refractivity contribution in [1.82, 2.24) is 9.78 Å². The summed E-state index contributed by atoms with van der Waals surface area (Å²) in [7, 11) is 0. The zero-order valence-electron chi connectivity index (χ0n) is 17.7. The van der Waals surface area contributed by atoms with Gasteiger partial charge in [-0.2, -0.15) is 5.10 Å². The molecule has 0 spiro atoms. The summed E-state index contributed by atoms with van der Waals surface area (Å²) >= 11 is 7.10. The average Bonchev–Trinajstić information content (AvgIpc) is 3.33. The number of ether oxygens (including phenoxy) is 1. The molecule has 0 unspecified atom stereocenters. The first-order chi connectivity index (χ1) is 15.0. The number of fused-ring (bicyclic) bond motifs is 1. The maximum Gasteiger partial charge on any atom is 0.341 e. The molecule has 2 aromatic heterocycles. The van der Waals surface area contributed by atoms with Crippen LogP contribution in [0, 0.1) is 6.92 Å². The summed E-state index contributed by atoms with van der Waals surface area (Å²) in [5.41, 5.74) is 4.17. The fraction of sp³-hybridized carbons (Fsp3) is 0.348. The Balaban J connectivity index is 1.44. The first kappa shape index (κ1) is 21.5. The van der Waals surface area contributed by atoms with Gasteiger partial charge in [-0.25, -0.2) is 4.79 Å². The number of benzene rings is 1. The van der Waals surface area contributed by atoms with Crippen LogP contribution in [-0.2, 0) is 24.1 Å². The van der Waals surface area contributed by atoms with Crippen molar-refractivity contribution >= 4 is 45.5 Å². The minimum atomic E-state index is -0.283. The summed E-state index contributed by atoms with van der Waals surface area (Å²) in [6, 6.07) is 10.3. The molecule has 2 N–H and O–H groups in total. The smallest absolute Gasteiger partial charge is 0.341 e. The molecule has 1 aliphatic carbocycles. The van der Waals surface area contributed by atoms with Crippen LogP contribution in [0.15, 0.2) is 36.5 Å². The van der Waals surface area contributed by atoms with Gasteiger partial charge >= 0.3 is 5.97 Å². The van der Waals surface area contributed by atoms with Crippen LogP contribution in [0.25, 0.3) is 0 Å². The van der Waals surface area contributed by atoms with Crippen molar-refractivity contribution < 1.29 is 9.53 Å². The zero-order chi connectivity index (χ0) is 21.8.